The number of hydrogen-bond donors (Lipinski definition) is 1. The molecular formula is C22H23FN6O3. The van der Waals surface area contributed by atoms with Crippen molar-refractivity contribution >= 4 is 17.5 Å². The molecule has 166 valence electrons. The molecule has 1 N–H and O–H groups in total. The molecule has 3 heterocycles. The van der Waals surface area contributed by atoms with E-state index < -0.39 is 0 Å². The first-order chi connectivity index (χ1) is 15.4. The fourth-order valence-electron chi connectivity index (χ4n) is 3.73. The number of anilines is 1. The Morgan fingerprint density at radius 2 is 2.00 bits per heavy atom. The van der Waals surface area contributed by atoms with Crippen molar-refractivity contribution in [2.75, 3.05) is 11.9 Å². The summed E-state index contributed by atoms with van der Waals surface area (Å²) in [6.45, 7) is 4.08. The molecule has 1 aliphatic rings. The van der Waals surface area contributed by atoms with Gasteiger partial charge in [0, 0.05) is 31.3 Å². The first-order valence-corrected chi connectivity index (χ1v) is 10.4. The fraction of sp³-hybridized carbons (Fsp3) is 0.364. The van der Waals surface area contributed by atoms with Crippen molar-refractivity contribution < 1.29 is 18.5 Å². The minimum absolute atomic E-state index is 0.0252. The van der Waals surface area contributed by atoms with E-state index in [-0.39, 0.29) is 30.1 Å². The smallest absolute Gasteiger partial charge is 0.259 e. The summed E-state index contributed by atoms with van der Waals surface area (Å²) >= 11 is 0. The van der Waals surface area contributed by atoms with Crippen molar-refractivity contribution in [2.45, 2.75) is 45.6 Å². The van der Waals surface area contributed by atoms with Gasteiger partial charge in [-0.3, -0.25) is 9.59 Å². The van der Waals surface area contributed by atoms with Gasteiger partial charge in [-0.2, -0.15) is 4.98 Å². The highest BCUT2D eigenvalue weighted by atomic mass is 19.1. The Bertz CT molecular complexity index is 1130. The average molecular weight is 438 g/mol. The Labute approximate surface area is 184 Å². The number of aryl methyl sites for hydroxylation is 3. The van der Waals surface area contributed by atoms with Crippen LogP contribution in [0.2, 0.25) is 0 Å². The number of amides is 2. The van der Waals surface area contributed by atoms with Crippen LogP contribution in [0.3, 0.4) is 0 Å². The zero-order valence-corrected chi connectivity index (χ0v) is 17.8. The van der Waals surface area contributed by atoms with Crippen molar-refractivity contribution in [1.82, 2.24) is 25.0 Å². The summed E-state index contributed by atoms with van der Waals surface area (Å²) < 4.78 is 18.1. The highest BCUT2D eigenvalue weighted by Gasteiger charge is 2.32. The van der Waals surface area contributed by atoms with E-state index in [1.807, 2.05) is 0 Å². The number of nitrogens with zero attached hydrogens (tertiary/aromatic N) is 5. The molecule has 10 heteroatoms. The minimum Gasteiger partial charge on any atom is -0.339 e. The maximum absolute atomic E-state index is 13.1. The number of nitrogens with one attached hydrogen (secondary N) is 1. The van der Waals surface area contributed by atoms with Gasteiger partial charge in [0.1, 0.15) is 5.82 Å². The second-order valence-electron chi connectivity index (χ2n) is 7.67. The minimum atomic E-state index is -0.380. The molecule has 1 fully saturated rings. The first-order valence-electron chi connectivity index (χ1n) is 10.4. The Balaban J connectivity index is 1.43. The number of halogens is 1. The van der Waals surface area contributed by atoms with Gasteiger partial charge in [0.05, 0.1) is 17.3 Å². The van der Waals surface area contributed by atoms with Gasteiger partial charge in [-0.1, -0.05) is 5.16 Å². The summed E-state index contributed by atoms with van der Waals surface area (Å²) in [5.41, 5.74) is 1.31. The summed E-state index contributed by atoms with van der Waals surface area (Å²) in [4.78, 5) is 40.2. The van der Waals surface area contributed by atoms with Gasteiger partial charge in [0.25, 0.3) is 5.91 Å². The molecule has 3 aromatic rings. The lowest BCUT2D eigenvalue weighted by atomic mass is 10.1. The molecule has 0 bridgehead atoms. The second-order valence-corrected chi connectivity index (χ2v) is 7.67. The molecule has 2 aromatic heterocycles. The van der Waals surface area contributed by atoms with Crippen LogP contribution in [0.4, 0.5) is 10.1 Å². The molecule has 0 radical (unpaired) electrons. The Hall–Kier alpha value is -3.69. The van der Waals surface area contributed by atoms with Crippen molar-refractivity contribution in [1.29, 1.82) is 0 Å². The molecule has 9 nitrogen and oxygen atoms in total. The summed E-state index contributed by atoms with van der Waals surface area (Å²) in [6.07, 6.45) is 3.72. The van der Waals surface area contributed by atoms with Crippen molar-refractivity contribution in [3.8, 4) is 0 Å². The fourth-order valence-corrected chi connectivity index (χ4v) is 3.73. The number of carbonyl (C=O) groups excluding carboxylic acids is 2. The largest absolute Gasteiger partial charge is 0.339 e. The van der Waals surface area contributed by atoms with Crippen LogP contribution in [-0.4, -0.2) is 43.4 Å². The molecule has 0 spiro atoms. The molecule has 1 saturated heterocycles. The molecule has 1 aliphatic heterocycles. The summed E-state index contributed by atoms with van der Waals surface area (Å²) in [5, 5.41) is 6.44. The molecule has 1 aromatic carbocycles. The van der Waals surface area contributed by atoms with Gasteiger partial charge in [-0.25, -0.2) is 14.4 Å². The zero-order chi connectivity index (χ0) is 22.7. The summed E-state index contributed by atoms with van der Waals surface area (Å²) in [7, 11) is 0. The lowest BCUT2D eigenvalue weighted by Crippen LogP contribution is -2.32. The Morgan fingerprint density at radius 1 is 1.22 bits per heavy atom. The van der Waals surface area contributed by atoms with Crippen LogP contribution < -0.4 is 5.32 Å². The SMILES string of the molecule is Cc1noc(CCC(=O)N2CCC[C@H]2c2ncc(C(=O)Nc3ccc(F)cc3)c(C)n2)n1. The maximum Gasteiger partial charge on any atom is 0.259 e. The van der Waals surface area contributed by atoms with Crippen LogP contribution in [0, 0.1) is 19.7 Å². The molecule has 32 heavy (non-hydrogen) atoms. The van der Waals surface area contributed by atoms with Crippen molar-refractivity contribution in [2.24, 2.45) is 0 Å². The molecule has 0 saturated carbocycles. The predicted octanol–water partition coefficient (Wildman–Crippen LogP) is 3.16. The molecule has 0 aliphatic carbocycles. The quantitative estimate of drug-likeness (QED) is 0.629. The van der Waals surface area contributed by atoms with E-state index in [9.17, 15) is 14.0 Å². The van der Waals surface area contributed by atoms with Gasteiger partial charge in [-0.05, 0) is 51.0 Å². The van der Waals surface area contributed by atoms with E-state index in [4.69, 9.17) is 4.52 Å². The number of hydrogen-bond acceptors (Lipinski definition) is 7. The third kappa shape index (κ3) is 4.79. The maximum atomic E-state index is 13.1. The highest BCUT2D eigenvalue weighted by molar-refractivity contribution is 6.04. The van der Waals surface area contributed by atoms with Gasteiger partial charge < -0.3 is 14.7 Å². The first kappa shape index (κ1) is 21.5. The number of carbonyl (C=O) groups is 2. The van der Waals surface area contributed by atoms with Crippen LogP contribution in [-0.2, 0) is 11.2 Å². The predicted molar refractivity (Wildman–Crippen MR) is 112 cm³/mol. The van der Waals surface area contributed by atoms with E-state index in [1.165, 1.54) is 30.5 Å². The monoisotopic (exact) mass is 438 g/mol. The van der Waals surface area contributed by atoms with Crippen molar-refractivity contribution in [3.05, 3.63) is 65.1 Å². The van der Waals surface area contributed by atoms with E-state index in [0.29, 0.717) is 47.4 Å². The lowest BCUT2D eigenvalue weighted by Gasteiger charge is -2.24. The number of benzene rings is 1. The average Bonchev–Trinajstić information content (AvgIpc) is 3.42. The van der Waals surface area contributed by atoms with Crippen LogP contribution in [0.25, 0.3) is 0 Å². The molecule has 4 rings (SSSR count). The van der Waals surface area contributed by atoms with E-state index in [0.717, 1.165) is 12.8 Å². The summed E-state index contributed by atoms with van der Waals surface area (Å²) in [6, 6.07) is 5.27. The molecule has 1 atom stereocenters. The van der Waals surface area contributed by atoms with Crippen LogP contribution in [0.5, 0.6) is 0 Å². The number of likely N-dealkylation sites (tertiary alicyclic amines) is 1. The van der Waals surface area contributed by atoms with Gasteiger partial charge in [0.2, 0.25) is 11.8 Å². The Morgan fingerprint density at radius 3 is 2.69 bits per heavy atom. The summed E-state index contributed by atoms with van der Waals surface area (Å²) in [5.74, 6) is 0.710. The van der Waals surface area contributed by atoms with E-state index >= 15 is 0 Å². The number of rotatable bonds is 6. The second kappa shape index (κ2) is 9.21. The van der Waals surface area contributed by atoms with Crippen LogP contribution in [0.15, 0.2) is 35.0 Å². The van der Waals surface area contributed by atoms with Gasteiger partial charge in [0.15, 0.2) is 11.6 Å². The Kier molecular flexibility index (Phi) is 6.20. The van der Waals surface area contributed by atoms with Crippen LogP contribution >= 0.6 is 0 Å². The third-order valence-electron chi connectivity index (χ3n) is 5.34. The van der Waals surface area contributed by atoms with Crippen molar-refractivity contribution in [3.63, 3.8) is 0 Å². The van der Waals surface area contributed by atoms with E-state index in [2.05, 4.69) is 25.4 Å². The lowest BCUT2D eigenvalue weighted by molar-refractivity contribution is -0.132. The van der Waals surface area contributed by atoms with Crippen LogP contribution in [0.1, 0.15) is 58.9 Å². The molecule has 2 amide bonds. The highest BCUT2D eigenvalue weighted by Crippen LogP contribution is 2.31. The molecule has 0 unspecified atom stereocenters. The normalized spacial score (nSPS) is 15.7. The topological polar surface area (TPSA) is 114 Å². The number of aromatic nitrogens is 4. The van der Waals surface area contributed by atoms with Gasteiger partial charge >= 0.3 is 0 Å². The van der Waals surface area contributed by atoms with Gasteiger partial charge in [-0.15, -0.1) is 0 Å². The van der Waals surface area contributed by atoms with E-state index in [1.54, 1.807) is 18.7 Å². The third-order valence-corrected chi connectivity index (χ3v) is 5.34. The standard InChI is InChI=1S/C22H23FN6O3/c1-13-17(22(31)27-16-7-5-15(23)6-8-16)12-24-21(25-13)18-4-3-11-29(18)20(30)10-9-19-26-14(2)28-32-19/h5-8,12,18H,3-4,9-11H2,1-2H3,(H,27,31)/t18-/m0/s1. The molecular weight excluding hydrogens is 415 g/mol. The zero-order valence-electron chi connectivity index (χ0n) is 17.8.